The Morgan fingerprint density at radius 1 is 0.882 bits per heavy atom. The molecule has 2 heterocycles. The van der Waals surface area contributed by atoms with Gasteiger partial charge in [0.05, 0.1) is 39.5 Å². The Bertz CT molecular complexity index is 1270. The van der Waals surface area contributed by atoms with Crippen molar-refractivity contribution in [1.29, 1.82) is 0 Å². The zero-order valence-electron chi connectivity index (χ0n) is 19.5. The van der Waals surface area contributed by atoms with Crippen LogP contribution in [0.1, 0.15) is 28.6 Å². The number of benzene rings is 3. The van der Waals surface area contributed by atoms with Crippen molar-refractivity contribution in [3.63, 3.8) is 0 Å². The molecule has 7 heteroatoms. The quantitative estimate of drug-likeness (QED) is 0.391. The van der Waals surface area contributed by atoms with Crippen LogP contribution in [0, 0.1) is 0 Å². The number of hydrogen-bond acceptors (Lipinski definition) is 7. The first-order chi connectivity index (χ1) is 16.7. The van der Waals surface area contributed by atoms with E-state index in [1.54, 1.807) is 21.3 Å². The zero-order valence-corrected chi connectivity index (χ0v) is 19.5. The van der Waals surface area contributed by atoms with Gasteiger partial charge in [0, 0.05) is 6.54 Å². The lowest BCUT2D eigenvalue weighted by Crippen LogP contribution is -2.35. The molecule has 3 aromatic carbocycles. The summed E-state index contributed by atoms with van der Waals surface area (Å²) in [6.45, 7) is 1.36. The van der Waals surface area contributed by atoms with Crippen molar-refractivity contribution in [2.75, 3.05) is 27.9 Å². The van der Waals surface area contributed by atoms with Gasteiger partial charge in [0.1, 0.15) is 5.75 Å². The zero-order chi connectivity index (χ0) is 23.5. The van der Waals surface area contributed by atoms with E-state index in [4.69, 9.17) is 18.7 Å². The number of fused-ring (bicyclic) bond motifs is 1. The second-order valence-electron chi connectivity index (χ2n) is 8.15. The summed E-state index contributed by atoms with van der Waals surface area (Å²) in [5.41, 5.74) is 4.45. The van der Waals surface area contributed by atoms with Crippen LogP contribution in [0.5, 0.6) is 17.2 Å². The van der Waals surface area contributed by atoms with Gasteiger partial charge in [-0.25, -0.2) is 0 Å². The molecule has 5 rings (SSSR count). The largest absolute Gasteiger partial charge is 0.496 e. The molecule has 4 aromatic rings. The summed E-state index contributed by atoms with van der Waals surface area (Å²) in [7, 11) is 4.97. The average molecular weight is 458 g/mol. The maximum Gasteiger partial charge on any atom is 0.241 e. The Morgan fingerprint density at radius 3 is 2.35 bits per heavy atom. The smallest absolute Gasteiger partial charge is 0.241 e. The van der Waals surface area contributed by atoms with E-state index < -0.39 is 0 Å². The highest BCUT2D eigenvalue weighted by Gasteiger charge is 2.31. The number of rotatable bonds is 7. The van der Waals surface area contributed by atoms with Crippen molar-refractivity contribution < 1.29 is 18.7 Å². The lowest BCUT2D eigenvalue weighted by atomic mass is 9.87. The van der Waals surface area contributed by atoms with Gasteiger partial charge < -0.3 is 18.7 Å². The van der Waals surface area contributed by atoms with Crippen LogP contribution in [-0.4, -0.2) is 42.9 Å². The lowest BCUT2D eigenvalue weighted by Gasteiger charge is -2.37. The van der Waals surface area contributed by atoms with Crippen molar-refractivity contribution in [1.82, 2.24) is 15.0 Å². The summed E-state index contributed by atoms with van der Waals surface area (Å²) in [6.07, 6.45) is 0.881. The fourth-order valence-electron chi connectivity index (χ4n) is 4.63. The van der Waals surface area contributed by atoms with Crippen molar-refractivity contribution >= 4 is 0 Å². The van der Waals surface area contributed by atoms with Crippen molar-refractivity contribution in [3.05, 3.63) is 89.3 Å². The summed E-state index contributed by atoms with van der Waals surface area (Å²) >= 11 is 0. The Labute approximate surface area is 198 Å². The van der Waals surface area contributed by atoms with Gasteiger partial charge in [-0.1, -0.05) is 47.6 Å². The van der Waals surface area contributed by atoms with Gasteiger partial charge in [-0.15, -0.1) is 0 Å². The van der Waals surface area contributed by atoms with E-state index in [0.717, 1.165) is 30.0 Å². The molecule has 7 nitrogen and oxygen atoms in total. The fourth-order valence-corrected chi connectivity index (χ4v) is 4.63. The molecule has 1 aliphatic heterocycles. The van der Waals surface area contributed by atoms with Crippen LogP contribution in [0.15, 0.2) is 71.3 Å². The molecular weight excluding hydrogens is 430 g/mol. The standard InChI is InChI=1S/C27H27N3O4/c1-31-22-12-8-7-11-20(22)27-28-25(34-29-27)17-30-14-13-19-15-23(32-2)24(33-3)16-21(19)26(30)18-9-5-4-6-10-18/h4-12,15-16,26H,13-14,17H2,1-3H3. The molecule has 1 unspecified atom stereocenters. The van der Waals surface area contributed by atoms with E-state index in [-0.39, 0.29) is 6.04 Å². The number of methoxy groups -OCH3 is 3. The molecule has 0 fully saturated rings. The predicted molar refractivity (Wildman–Crippen MR) is 128 cm³/mol. The number of aromatic nitrogens is 2. The van der Waals surface area contributed by atoms with Gasteiger partial charge in [-0.3, -0.25) is 4.90 Å². The molecular formula is C27H27N3O4. The van der Waals surface area contributed by atoms with Crippen molar-refractivity contribution in [2.45, 2.75) is 19.0 Å². The minimum atomic E-state index is 0.0198. The van der Waals surface area contributed by atoms with E-state index in [9.17, 15) is 0 Å². The normalized spacial score (nSPS) is 15.6. The van der Waals surface area contributed by atoms with E-state index in [2.05, 4.69) is 51.4 Å². The molecule has 0 N–H and O–H groups in total. The Balaban J connectivity index is 1.50. The third-order valence-electron chi connectivity index (χ3n) is 6.24. The van der Waals surface area contributed by atoms with Gasteiger partial charge in [0.2, 0.25) is 11.7 Å². The minimum Gasteiger partial charge on any atom is -0.496 e. The summed E-state index contributed by atoms with van der Waals surface area (Å²) in [6, 6.07) is 22.3. The SMILES string of the molecule is COc1cc2c(cc1OC)C(c1ccccc1)N(Cc1nc(-c3ccccc3OC)no1)CC2. The van der Waals surface area contributed by atoms with Gasteiger partial charge in [-0.05, 0) is 47.4 Å². The van der Waals surface area contributed by atoms with Crippen LogP contribution >= 0.6 is 0 Å². The van der Waals surface area contributed by atoms with E-state index >= 15 is 0 Å². The Kier molecular flexibility index (Phi) is 6.18. The maximum atomic E-state index is 5.67. The monoisotopic (exact) mass is 457 g/mol. The van der Waals surface area contributed by atoms with Crippen LogP contribution in [0.2, 0.25) is 0 Å². The summed E-state index contributed by atoms with van der Waals surface area (Å²) in [5, 5.41) is 4.22. The number of para-hydroxylation sites is 1. The molecule has 0 saturated heterocycles. The third-order valence-corrected chi connectivity index (χ3v) is 6.24. The highest BCUT2D eigenvalue weighted by Crippen LogP contribution is 2.41. The van der Waals surface area contributed by atoms with Crippen molar-refractivity contribution in [2.24, 2.45) is 0 Å². The van der Waals surface area contributed by atoms with Gasteiger partial charge in [-0.2, -0.15) is 4.98 Å². The molecule has 174 valence electrons. The second-order valence-corrected chi connectivity index (χ2v) is 8.15. The number of hydrogen-bond donors (Lipinski definition) is 0. The van der Waals surface area contributed by atoms with E-state index in [1.807, 2.05) is 30.3 Å². The minimum absolute atomic E-state index is 0.0198. The lowest BCUT2D eigenvalue weighted by molar-refractivity contribution is 0.177. The van der Waals surface area contributed by atoms with E-state index in [0.29, 0.717) is 24.0 Å². The van der Waals surface area contributed by atoms with Crippen LogP contribution in [0.25, 0.3) is 11.4 Å². The summed E-state index contributed by atoms with van der Waals surface area (Å²) < 4.78 is 22.3. The molecule has 34 heavy (non-hydrogen) atoms. The molecule has 0 spiro atoms. The highest BCUT2D eigenvalue weighted by atomic mass is 16.5. The maximum absolute atomic E-state index is 5.67. The molecule has 0 saturated carbocycles. The first-order valence-electron chi connectivity index (χ1n) is 11.2. The number of ether oxygens (including phenoxy) is 3. The van der Waals surface area contributed by atoms with Gasteiger partial charge in [0.25, 0.3) is 0 Å². The topological polar surface area (TPSA) is 69.9 Å². The summed E-state index contributed by atoms with van der Waals surface area (Å²) in [5.74, 6) is 3.27. The predicted octanol–water partition coefficient (Wildman–Crippen LogP) is 4.91. The first-order valence-corrected chi connectivity index (χ1v) is 11.2. The first kappa shape index (κ1) is 22.0. The molecule has 0 bridgehead atoms. The second kappa shape index (κ2) is 9.57. The average Bonchev–Trinajstić information content (AvgIpc) is 3.36. The van der Waals surface area contributed by atoms with Gasteiger partial charge >= 0.3 is 0 Å². The highest BCUT2D eigenvalue weighted by molar-refractivity contribution is 5.63. The molecule has 0 amide bonds. The van der Waals surface area contributed by atoms with Crippen LogP contribution in [0.4, 0.5) is 0 Å². The van der Waals surface area contributed by atoms with E-state index in [1.165, 1.54) is 16.7 Å². The number of nitrogens with zero attached hydrogens (tertiary/aromatic N) is 3. The summed E-state index contributed by atoms with van der Waals surface area (Å²) in [4.78, 5) is 7.05. The van der Waals surface area contributed by atoms with Gasteiger partial charge in [0.15, 0.2) is 11.5 Å². The van der Waals surface area contributed by atoms with Crippen LogP contribution in [-0.2, 0) is 13.0 Å². The Morgan fingerprint density at radius 2 is 1.59 bits per heavy atom. The molecule has 0 aliphatic carbocycles. The Hall–Kier alpha value is -3.84. The van der Waals surface area contributed by atoms with Crippen LogP contribution in [0.3, 0.4) is 0 Å². The van der Waals surface area contributed by atoms with Crippen molar-refractivity contribution in [3.8, 4) is 28.6 Å². The molecule has 1 aromatic heterocycles. The molecule has 1 atom stereocenters. The fraction of sp³-hybridized carbons (Fsp3) is 0.259. The molecule has 1 aliphatic rings. The molecule has 0 radical (unpaired) electrons. The van der Waals surface area contributed by atoms with Crippen LogP contribution < -0.4 is 14.2 Å². The third kappa shape index (κ3) is 4.10.